The van der Waals surface area contributed by atoms with Crippen molar-refractivity contribution in [2.75, 3.05) is 0 Å². The summed E-state index contributed by atoms with van der Waals surface area (Å²) in [6.45, 7) is 14.2. The van der Waals surface area contributed by atoms with Gasteiger partial charge in [-0.2, -0.15) is 0 Å². The second-order valence-electron chi connectivity index (χ2n) is 7.31. The minimum atomic E-state index is -11.2. The molecule has 0 aliphatic heterocycles. The van der Waals surface area contributed by atoms with Gasteiger partial charge in [0.25, 0.3) is 0 Å². The topological polar surface area (TPSA) is 0 Å². The van der Waals surface area contributed by atoms with Crippen molar-refractivity contribution in [3.05, 3.63) is 30.3 Å². The number of hydrogen-bond acceptors (Lipinski definition) is 0. The Bertz CT molecular complexity index is 462. The van der Waals surface area contributed by atoms with E-state index in [4.69, 9.17) is 0 Å². The van der Waals surface area contributed by atoms with Gasteiger partial charge in [0.2, 0.25) is 0 Å². The van der Waals surface area contributed by atoms with E-state index in [1.807, 2.05) is 0 Å². The third-order valence-electron chi connectivity index (χ3n) is 2.56. The molecular formula is C14H25F6PTi. The van der Waals surface area contributed by atoms with Crippen LogP contribution in [0.25, 0.3) is 0 Å². The van der Waals surface area contributed by atoms with E-state index in [9.17, 15) is 18.6 Å². The second kappa shape index (κ2) is 5.79. The predicted octanol–water partition coefficient (Wildman–Crippen LogP) is 6.75. The Kier molecular flexibility index (Phi) is 5.77. The van der Waals surface area contributed by atoms with Crippen molar-refractivity contribution in [3.63, 3.8) is 0 Å². The van der Waals surface area contributed by atoms with Crippen LogP contribution in [0.5, 0.6) is 0 Å². The molecule has 0 saturated carbocycles. The Balaban J connectivity index is 0. The number of hydrogen-bond donors (Lipinski definition) is 0. The third-order valence-corrected chi connectivity index (χ3v) is 6.47. The van der Waals surface area contributed by atoms with Crippen LogP contribution in [0, 0.1) is 0 Å². The molecule has 0 aromatic heterocycles. The van der Waals surface area contributed by atoms with Crippen LogP contribution in [-0.2, 0) is 17.2 Å². The largest absolute Gasteiger partial charge is 1.00 e. The van der Waals surface area contributed by atoms with Gasteiger partial charge in [-0.15, -0.1) is 0 Å². The van der Waals surface area contributed by atoms with Crippen molar-refractivity contribution >= 4 is 13.2 Å². The first-order valence-electron chi connectivity index (χ1n) is 6.79. The summed E-state index contributed by atoms with van der Waals surface area (Å²) in [5.74, 6) is 0. The molecule has 1 rings (SSSR count). The number of benzene rings is 1. The zero-order chi connectivity index (χ0) is 18.1. The van der Waals surface area contributed by atoms with Crippen LogP contribution in [-0.4, -0.2) is 10.3 Å². The van der Waals surface area contributed by atoms with Crippen molar-refractivity contribution in [2.24, 2.45) is 0 Å². The smallest absolute Gasteiger partial charge is 1.00 e. The first-order valence-corrected chi connectivity index (χ1v) is 11.8. The number of halogens is 6. The molecule has 132 valence electrons. The van der Waals surface area contributed by atoms with Gasteiger partial charge in [-0.05, 0) is 53.7 Å². The molecule has 0 spiro atoms. The van der Waals surface area contributed by atoms with Crippen LogP contribution in [0.2, 0.25) is 0 Å². The SMILES string of the molecule is CC(C)(C)[PH+](c1ccccc1)C(C)(C)C.[F][Ti-2]([F])([F])([F])([F])[F].[H+]. The Labute approximate surface area is 133 Å². The van der Waals surface area contributed by atoms with Gasteiger partial charge in [0.05, 0.1) is 15.6 Å². The number of rotatable bonds is 1. The van der Waals surface area contributed by atoms with Crippen LogP contribution < -0.4 is 5.30 Å². The predicted molar refractivity (Wildman–Crippen MR) is 81.7 cm³/mol. The minimum absolute atomic E-state index is 0. The second-order valence-corrected chi connectivity index (χ2v) is 15.0. The zero-order valence-electron chi connectivity index (χ0n) is 14.7. The monoisotopic (exact) mass is 386 g/mol. The van der Waals surface area contributed by atoms with Gasteiger partial charge >= 0.3 is 37.2 Å². The first kappa shape index (κ1) is 21.9. The third kappa shape index (κ3) is 12.5. The molecule has 0 N–H and O–H groups in total. The molecular weight excluding hydrogens is 361 g/mol. The summed E-state index contributed by atoms with van der Waals surface area (Å²) in [6.07, 6.45) is 0. The van der Waals surface area contributed by atoms with E-state index in [1.165, 1.54) is 0 Å². The maximum atomic E-state index is 9.92. The van der Waals surface area contributed by atoms with Crippen LogP contribution in [0.4, 0.5) is 18.6 Å². The van der Waals surface area contributed by atoms with Crippen molar-refractivity contribution in [1.82, 2.24) is 0 Å². The Morgan fingerprint density at radius 1 is 0.727 bits per heavy atom. The fraction of sp³-hybridized carbons (Fsp3) is 0.571. The average molecular weight is 386 g/mol. The van der Waals surface area contributed by atoms with Crippen LogP contribution >= 0.6 is 7.92 Å². The Morgan fingerprint density at radius 2 is 1.00 bits per heavy atom. The molecule has 0 heterocycles. The molecule has 0 fully saturated rings. The van der Waals surface area contributed by atoms with E-state index >= 15 is 0 Å². The molecule has 1 aromatic rings. The van der Waals surface area contributed by atoms with Gasteiger partial charge in [0.1, 0.15) is 0 Å². The van der Waals surface area contributed by atoms with Gasteiger partial charge in [-0.1, -0.05) is 18.2 Å². The molecule has 0 nitrogen and oxygen atoms in total. The summed E-state index contributed by atoms with van der Waals surface area (Å²) < 4.78 is 59.5. The Hall–Kier alpha value is -0.0557. The van der Waals surface area contributed by atoms with Gasteiger partial charge < -0.3 is 0 Å². The normalized spacial score (nSPS) is 16.4. The van der Waals surface area contributed by atoms with E-state index in [-0.39, 0.29) is 1.43 Å². The summed E-state index contributed by atoms with van der Waals surface area (Å²) in [7, 11) is -0.553. The minimum Gasteiger partial charge on any atom is 1.00 e. The van der Waals surface area contributed by atoms with Crippen molar-refractivity contribution < 1.29 is 37.2 Å². The van der Waals surface area contributed by atoms with Crippen molar-refractivity contribution in [2.45, 2.75) is 51.9 Å². The fourth-order valence-electron chi connectivity index (χ4n) is 2.60. The molecule has 0 aliphatic carbocycles. The summed E-state index contributed by atoms with van der Waals surface area (Å²) in [5, 5.41) is 2.37. The average Bonchev–Trinajstić information content (AvgIpc) is 2.08. The maximum Gasteiger partial charge on any atom is 1.00 e. The van der Waals surface area contributed by atoms with Crippen LogP contribution in [0.3, 0.4) is 0 Å². The van der Waals surface area contributed by atoms with E-state index in [0.717, 1.165) is 0 Å². The van der Waals surface area contributed by atoms with E-state index in [1.54, 1.807) is 5.30 Å². The standard InChI is InChI=1S/C14H23P.6FH.Ti/c1-13(2,3)15(14(4,5)6)12-10-8-7-9-11-12;;;;;;;/h7-11H,1-6H3;6*1H;/q;;;;;;;+4/p-4. The van der Waals surface area contributed by atoms with Gasteiger partial charge in [0, 0.05) is 7.92 Å². The zero-order valence-corrected chi connectivity index (χ0v) is 16.2. The van der Waals surface area contributed by atoms with Crippen molar-refractivity contribution in [3.8, 4) is 0 Å². The molecule has 0 bridgehead atoms. The summed E-state index contributed by atoms with van der Waals surface area (Å²) >= 11 is -11.2. The molecule has 0 amide bonds. The summed E-state index contributed by atoms with van der Waals surface area (Å²) in [4.78, 5) is 0. The fourth-order valence-corrected chi connectivity index (χ4v) is 7.10. The van der Waals surface area contributed by atoms with Gasteiger partial charge in [-0.25, -0.2) is 0 Å². The van der Waals surface area contributed by atoms with Gasteiger partial charge in [-0.3, -0.25) is 0 Å². The van der Waals surface area contributed by atoms with E-state index < -0.39 is 25.2 Å². The molecule has 0 saturated heterocycles. The quantitative estimate of drug-likeness (QED) is 0.284. The first-order chi connectivity index (χ1) is 9.18. The molecule has 0 aliphatic rings. The summed E-state index contributed by atoms with van der Waals surface area (Å²) in [5.41, 5.74) is 0. The molecule has 0 atom stereocenters. The summed E-state index contributed by atoms with van der Waals surface area (Å²) in [6, 6.07) is 11.0. The Morgan fingerprint density at radius 3 is 1.23 bits per heavy atom. The van der Waals surface area contributed by atoms with Crippen molar-refractivity contribution in [1.29, 1.82) is 0 Å². The molecule has 0 unspecified atom stereocenters. The molecule has 22 heavy (non-hydrogen) atoms. The van der Waals surface area contributed by atoms with Crippen LogP contribution in [0.1, 0.15) is 43.0 Å². The van der Waals surface area contributed by atoms with Gasteiger partial charge in [0.15, 0.2) is 0 Å². The molecule has 8 heteroatoms. The molecule has 0 radical (unpaired) electrons. The molecule has 1 aromatic carbocycles. The maximum absolute atomic E-state index is 11.2. The van der Waals surface area contributed by atoms with Crippen LogP contribution in [0.15, 0.2) is 30.3 Å². The van der Waals surface area contributed by atoms with E-state index in [2.05, 4.69) is 71.9 Å². The van der Waals surface area contributed by atoms with E-state index in [0.29, 0.717) is 10.3 Å².